The van der Waals surface area contributed by atoms with Gasteiger partial charge >= 0.3 is 0 Å². The molecule has 0 aromatic carbocycles. The first-order valence-electron chi connectivity index (χ1n) is 4.73. The van der Waals surface area contributed by atoms with Gasteiger partial charge in [-0.25, -0.2) is 11.0 Å². The first-order valence-corrected chi connectivity index (χ1v) is 7.22. The summed E-state index contributed by atoms with van der Waals surface area (Å²) in [6, 6.07) is 0. The largest absolute Gasteiger partial charge is 0.302 e. The summed E-state index contributed by atoms with van der Waals surface area (Å²) in [5.41, 5.74) is 5.31. The van der Waals surface area contributed by atoms with Crippen LogP contribution in [0.3, 0.4) is 0 Å². The molecule has 0 aromatic rings. The van der Waals surface area contributed by atoms with Crippen molar-refractivity contribution in [3.63, 3.8) is 0 Å². The van der Waals surface area contributed by atoms with Crippen molar-refractivity contribution in [2.45, 2.75) is 12.8 Å². The normalized spacial score (nSPS) is 10.7. The van der Waals surface area contributed by atoms with Crippen molar-refractivity contribution in [1.82, 2.24) is 11.0 Å². The lowest BCUT2D eigenvalue weighted by Gasteiger charge is -2.02. The maximum atomic E-state index is 4.99. The molecule has 0 radical (unpaired) electrons. The molecule has 0 saturated carbocycles. The van der Waals surface area contributed by atoms with Gasteiger partial charge in [0.25, 0.3) is 0 Å². The Labute approximate surface area is 94.2 Å². The standard InChI is InChI=1S/C8H20N2O2S2/c1-9-11-5-3-7-13-14-8-4-6-12-10-2/h9-10H,3-8H2,1-2H3. The van der Waals surface area contributed by atoms with E-state index in [2.05, 4.69) is 11.0 Å². The van der Waals surface area contributed by atoms with E-state index >= 15 is 0 Å². The van der Waals surface area contributed by atoms with Crippen LogP contribution in [-0.2, 0) is 9.68 Å². The number of nitrogens with one attached hydrogen (secondary N) is 2. The monoisotopic (exact) mass is 240 g/mol. The van der Waals surface area contributed by atoms with Crippen molar-refractivity contribution in [2.75, 3.05) is 38.8 Å². The average molecular weight is 240 g/mol. The second-order valence-electron chi connectivity index (χ2n) is 2.46. The molecule has 0 rings (SSSR count). The fraction of sp³-hybridized carbons (Fsp3) is 1.00. The molecule has 4 nitrogen and oxygen atoms in total. The van der Waals surface area contributed by atoms with Crippen LogP contribution in [-0.4, -0.2) is 38.8 Å². The highest BCUT2D eigenvalue weighted by Crippen LogP contribution is 2.22. The first kappa shape index (κ1) is 14.5. The van der Waals surface area contributed by atoms with Gasteiger partial charge < -0.3 is 9.68 Å². The summed E-state index contributed by atoms with van der Waals surface area (Å²) < 4.78 is 0. The summed E-state index contributed by atoms with van der Waals surface area (Å²) in [5, 5.41) is 0. The Morgan fingerprint density at radius 2 is 1.29 bits per heavy atom. The highest BCUT2D eigenvalue weighted by Gasteiger charge is 1.92. The number of hydrogen-bond acceptors (Lipinski definition) is 6. The van der Waals surface area contributed by atoms with Gasteiger partial charge in [-0.3, -0.25) is 0 Å². The molecule has 0 saturated heterocycles. The van der Waals surface area contributed by atoms with Gasteiger partial charge in [0.1, 0.15) is 0 Å². The van der Waals surface area contributed by atoms with Crippen LogP contribution in [0.4, 0.5) is 0 Å². The third-order valence-electron chi connectivity index (χ3n) is 1.32. The van der Waals surface area contributed by atoms with Gasteiger partial charge in [-0.1, -0.05) is 21.6 Å². The van der Waals surface area contributed by atoms with Crippen LogP contribution in [0.25, 0.3) is 0 Å². The summed E-state index contributed by atoms with van der Waals surface area (Å²) in [6.07, 6.45) is 2.18. The van der Waals surface area contributed by atoms with Gasteiger partial charge in [0.05, 0.1) is 13.2 Å². The zero-order valence-corrected chi connectivity index (χ0v) is 10.5. The second-order valence-corrected chi connectivity index (χ2v) is 5.16. The highest BCUT2D eigenvalue weighted by atomic mass is 33.1. The molecule has 14 heavy (non-hydrogen) atoms. The Kier molecular flexibility index (Phi) is 14.1. The molecule has 0 aromatic heterocycles. The lowest BCUT2D eigenvalue weighted by Crippen LogP contribution is -2.09. The minimum absolute atomic E-state index is 0.785. The topological polar surface area (TPSA) is 42.5 Å². The Morgan fingerprint density at radius 1 is 0.857 bits per heavy atom. The van der Waals surface area contributed by atoms with E-state index in [1.807, 2.05) is 21.6 Å². The maximum absolute atomic E-state index is 4.99. The molecule has 0 heterocycles. The lowest BCUT2D eigenvalue weighted by atomic mass is 10.5. The van der Waals surface area contributed by atoms with E-state index in [-0.39, 0.29) is 0 Å². The fourth-order valence-electron chi connectivity index (χ4n) is 0.702. The van der Waals surface area contributed by atoms with E-state index in [4.69, 9.17) is 9.68 Å². The SMILES string of the molecule is CNOCCCSSCCCONC. The minimum atomic E-state index is 0.785. The van der Waals surface area contributed by atoms with Crippen molar-refractivity contribution < 1.29 is 9.68 Å². The van der Waals surface area contributed by atoms with Crippen LogP contribution in [0.5, 0.6) is 0 Å². The Bertz CT molecular complexity index is 97.3. The van der Waals surface area contributed by atoms with Gasteiger partial charge in [0.15, 0.2) is 0 Å². The van der Waals surface area contributed by atoms with Gasteiger partial charge in [0.2, 0.25) is 0 Å². The average Bonchev–Trinajstić information content (AvgIpc) is 2.21. The number of hydroxylamine groups is 2. The van der Waals surface area contributed by atoms with E-state index in [1.165, 1.54) is 0 Å². The van der Waals surface area contributed by atoms with Crippen LogP contribution in [0.2, 0.25) is 0 Å². The molecule has 0 atom stereocenters. The molecule has 0 fully saturated rings. The summed E-state index contributed by atoms with van der Waals surface area (Å²) in [6.45, 7) is 1.57. The molecule has 0 unspecified atom stereocenters. The Morgan fingerprint density at radius 3 is 1.64 bits per heavy atom. The van der Waals surface area contributed by atoms with Gasteiger partial charge in [-0.2, -0.15) is 0 Å². The van der Waals surface area contributed by atoms with Crippen molar-refractivity contribution in [3.05, 3.63) is 0 Å². The van der Waals surface area contributed by atoms with Gasteiger partial charge in [-0.05, 0) is 12.8 Å². The van der Waals surface area contributed by atoms with E-state index in [0.717, 1.165) is 37.6 Å². The van der Waals surface area contributed by atoms with Gasteiger partial charge in [0, 0.05) is 25.6 Å². The molecule has 2 N–H and O–H groups in total. The molecule has 0 aliphatic rings. The second kappa shape index (κ2) is 13.5. The molecule has 0 spiro atoms. The molecule has 86 valence electrons. The third kappa shape index (κ3) is 12.5. The lowest BCUT2D eigenvalue weighted by molar-refractivity contribution is 0.0589. The quantitative estimate of drug-likeness (QED) is 0.324. The first-order chi connectivity index (χ1) is 6.91. The molecule has 0 amide bonds. The molecule has 0 aliphatic heterocycles. The highest BCUT2D eigenvalue weighted by molar-refractivity contribution is 8.76. The van der Waals surface area contributed by atoms with Crippen molar-refractivity contribution >= 4 is 21.6 Å². The van der Waals surface area contributed by atoms with Crippen molar-refractivity contribution in [1.29, 1.82) is 0 Å². The molecule has 0 aliphatic carbocycles. The summed E-state index contributed by atoms with van der Waals surface area (Å²) in [7, 11) is 7.35. The van der Waals surface area contributed by atoms with Crippen LogP contribution in [0.1, 0.15) is 12.8 Å². The van der Waals surface area contributed by atoms with Crippen LogP contribution in [0, 0.1) is 0 Å². The van der Waals surface area contributed by atoms with Crippen LogP contribution in [0.15, 0.2) is 0 Å². The molecule has 6 heteroatoms. The minimum Gasteiger partial charge on any atom is -0.302 e. The van der Waals surface area contributed by atoms with E-state index < -0.39 is 0 Å². The summed E-state index contributed by atoms with van der Waals surface area (Å²) >= 11 is 0. The number of rotatable bonds is 11. The van der Waals surface area contributed by atoms with Crippen molar-refractivity contribution in [3.8, 4) is 0 Å². The molecular formula is C8H20N2O2S2. The van der Waals surface area contributed by atoms with E-state index in [0.29, 0.717) is 0 Å². The molecule has 0 bridgehead atoms. The van der Waals surface area contributed by atoms with E-state index in [1.54, 1.807) is 14.1 Å². The Balaban J connectivity index is 2.78. The van der Waals surface area contributed by atoms with Crippen molar-refractivity contribution in [2.24, 2.45) is 0 Å². The maximum Gasteiger partial charge on any atom is 0.0690 e. The van der Waals surface area contributed by atoms with E-state index in [9.17, 15) is 0 Å². The summed E-state index contributed by atoms with van der Waals surface area (Å²) in [5.74, 6) is 2.28. The number of hydrogen-bond donors (Lipinski definition) is 2. The summed E-state index contributed by atoms with van der Waals surface area (Å²) in [4.78, 5) is 9.98. The van der Waals surface area contributed by atoms with Gasteiger partial charge in [-0.15, -0.1) is 0 Å². The molecular weight excluding hydrogens is 220 g/mol. The predicted octanol–water partition coefficient (Wildman–Crippen LogP) is 1.45. The predicted molar refractivity (Wildman–Crippen MR) is 64.2 cm³/mol. The van der Waals surface area contributed by atoms with Crippen LogP contribution >= 0.6 is 21.6 Å². The van der Waals surface area contributed by atoms with Crippen LogP contribution < -0.4 is 11.0 Å². The zero-order valence-electron chi connectivity index (χ0n) is 8.88. The smallest absolute Gasteiger partial charge is 0.0690 e. The Hall–Kier alpha value is 0.540. The zero-order chi connectivity index (χ0) is 10.5. The fourth-order valence-corrected chi connectivity index (χ4v) is 2.82. The third-order valence-corrected chi connectivity index (χ3v) is 3.90.